The van der Waals surface area contributed by atoms with Gasteiger partial charge in [-0.25, -0.2) is 4.98 Å². The Kier molecular flexibility index (Phi) is 2.81. The summed E-state index contributed by atoms with van der Waals surface area (Å²) in [5.41, 5.74) is 1.12. The number of halogens is 1. The maximum absolute atomic E-state index is 6.03. The number of hydrogen-bond acceptors (Lipinski definition) is 2. The van der Waals surface area contributed by atoms with E-state index in [2.05, 4.69) is 21.3 Å². The van der Waals surface area contributed by atoms with E-state index in [0.717, 1.165) is 28.7 Å². The Morgan fingerprint density at radius 1 is 1.47 bits per heavy atom. The van der Waals surface area contributed by atoms with E-state index < -0.39 is 0 Å². The predicted molar refractivity (Wildman–Crippen MR) is 69.5 cm³/mol. The summed E-state index contributed by atoms with van der Waals surface area (Å²) in [5, 5.41) is 0.764. The van der Waals surface area contributed by atoms with Crippen LogP contribution in [0.2, 0.25) is 5.02 Å². The molecule has 3 heterocycles. The second kappa shape index (κ2) is 4.31. The van der Waals surface area contributed by atoms with Crippen molar-refractivity contribution in [2.75, 3.05) is 20.1 Å². The highest BCUT2D eigenvalue weighted by Crippen LogP contribution is 2.20. The van der Waals surface area contributed by atoms with Gasteiger partial charge in [-0.3, -0.25) is 0 Å². The molecule has 3 rings (SSSR count). The highest BCUT2D eigenvalue weighted by atomic mass is 35.5. The van der Waals surface area contributed by atoms with E-state index in [1.807, 2.05) is 24.5 Å². The molecule has 0 spiro atoms. The molecular weight excluding hydrogens is 234 g/mol. The lowest BCUT2D eigenvalue weighted by molar-refractivity contribution is 0.392. The van der Waals surface area contributed by atoms with Crippen LogP contribution >= 0.6 is 11.6 Å². The first kappa shape index (κ1) is 11.1. The molecule has 0 radical (unpaired) electrons. The first-order valence-corrected chi connectivity index (χ1v) is 6.40. The Hall–Kier alpha value is -1.06. The number of nitrogens with zero attached hydrogens (tertiary/aromatic N) is 3. The summed E-state index contributed by atoms with van der Waals surface area (Å²) in [6, 6.07) is 3.92. The largest absolute Gasteiger partial charge is 0.306 e. The summed E-state index contributed by atoms with van der Waals surface area (Å²) in [6.45, 7) is 2.38. The van der Waals surface area contributed by atoms with Gasteiger partial charge in [0.2, 0.25) is 0 Å². The number of aromatic nitrogens is 2. The van der Waals surface area contributed by atoms with Crippen molar-refractivity contribution in [1.29, 1.82) is 0 Å². The van der Waals surface area contributed by atoms with E-state index in [9.17, 15) is 0 Å². The zero-order chi connectivity index (χ0) is 11.8. The molecular formula is C13H16ClN3. The van der Waals surface area contributed by atoms with Crippen molar-refractivity contribution >= 4 is 17.1 Å². The van der Waals surface area contributed by atoms with Gasteiger partial charge in [-0.15, -0.1) is 0 Å². The third kappa shape index (κ3) is 2.17. The van der Waals surface area contributed by atoms with Crippen LogP contribution in [0.1, 0.15) is 12.2 Å². The number of rotatable bonds is 2. The summed E-state index contributed by atoms with van der Waals surface area (Å²) in [4.78, 5) is 6.89. The van der Waals surface area contributed by atoms with Gasteiger partial charge >= 0.3 is 0 Å². The minimum absolute atomic E-state index is 0.726. The van der Waals surface area contributed by atoms with Gasteiger partial charge < -0.3 is 9.30 Å². The van der Waals surface area contributed by atoms with Gasteiger partial charge in [0.05, 0.1) is 16.7 Å². The standard InChI is InChI=1S/C13H16ClN3/c1-16-5-4-10(8-16)6-13-15-7-12-3-2-11(14)9-17(12)13/h2-3,7,9-10H,4-6,8H2,1H3. The summed E-state index contributed by atoms with van der Waals surface area (Å²) in [7, 11) is 2.18. The Morgan fingerprint density at radius 3 is 3.12 bits per heavy atom. The topological polar surface area (TPSA) is 20.5 Å². The molecule has 0 amide bonds. The smallest absolute Gasteiger partial charge is 0.113 e. The van der Waals surface area contributed by atoms with Crippen molar-refractivity contribution in [1.82, 2.24) is 14.3 Å². The highest BCUT2D eigenvalue weighted by Gasteiger charge is 2.21. The molecule has 1 fully saturated rings. The zero-order valence-corrected chi connectivity index (χ0v) is 10.7. The number of fused-ring (bicyclic) bond motifs is 1. The number of hydrogen-bond donors (Lipinski definition) is 0. The van der Waals surface area contributed by atoms with Crippen LogP contribution in [0.25, 0.3) is 5.52 Å². The minimum Gasteiger partial charge on any atom is -0.306 e. The molecule has 1 unspecified atom stereocenters. The first-order valence-electron chi connectivity index (χ1n) is 6.02. The Balaban J connectivity index is 1.87. The fourth-order valence-corrected chi connectivity index (χ4v) is 2.78. The lowest BCUT2D eigenvalue weighted by Crippen LogP contribution is -2.15. The second-order valence-electron chi connectivity index (χ2n) is 4.94. The number of pyridine rings is 1. The van der Waals surface area contributed by atoms with E-state index in [1.54, 1.807) is 0 Å². The molecule has 0 aliphatic carbocycles. The highest BCUT2D eigenvalue weighted by molar-refractivity contribution is 6.30. The van der Waals surface area contributed by atoms with E-state index in [4.69, 9.17) is 11.6 Å². The molecule has 4 heteroatoms. The summed E-state index contributed by atoms with van der Waals surface area (Å²) in [5.74, 6) is 1.85. The third-order valence-electron chi connectivity index (χ3n) is 3.53. The van der Waals surface area contributed by atoms with Gasteiger partial charge in [0.15, 0.2) is 0 Å². The van der Waals surface area contributed by atoms with E-state index in [0.29, 0.717) is 0 Å². The van der Waals surface area contributed by atoms with Gasteiger partial charge in [-0.1, -0.05) is 11.6 Å². The Labute approximate surface area is 106 Å². The van der Waals surface area contributed by atoms with Crippen molar-refractivity contribution in [2.24, 2.45) is 5.92 Å². The van der Waals surface area contributed by atoms with Crippen LogP contribution in [0.4, 0.5) is 0 Å². The van der Waals surface area contributed by atoms with Crippen LogP contribution in [0, 0.1) is 5.92 Å². The molecule has 0 bridgehead atoms. The van der Waals surface area contributed by atoms with Crippen molar-refractivity contribution in [3.63, 3.8) is 0 Å². The number of imidazole rings is 1. The van der Waals surface area contributed by atoms with Crippen LogP contribution < -0.4 is 0 Å². The first-order chi connectivity index (χ1) is 8.22. The van der Waals surface area contributed by atoms with E-state index >= 15 is 0 Å². The molecule has 2 aromatic rings. The van der Waals surface area contributed by atoms with Crippen molar-refractivity contribution in [3.05, 3.63) is 35.4 Å². The van der Waals surface area contributed by atoms with Crippen LogP contribution in [0.3, 0.4) is 0 Å². The van der Waals surface area contributed by atoms with Gasteiger partial charge in [-0.05, 0) is 38.1 Å². The molecule has 0 N–H and O–H groups in total. The molecule has 2 aromatic heterocycles. The lowest BCUT2D eigenvalue weighted by Gasteiger charge is -2.09. The van der Waals surface area contributed by atoms with E-state index in [1.165, 1.54) is 19.5 Å². The van der Waals surface area contributed by atoms with Crippen molar-refractivity contribution in [3.8, 4) is 0 Å². The molecule has 90 valence electrons. The van der Waals surface area contributed by atoms with Gasteiger partial charge in [0.1, 0.15) is 5.82 Å². The summed E-state index contributed by atoms with van der Waals surface area (Å²) in [6.07, 6.45) is 6.19. The fraction of sp³-hybridized carbons (Fsp3) is 0.462. The maximum atomic E-state index is 6.03. The molecule has 3 nitrogen and oxygen atoms in total. The van der Waals surface area contributed by atoms with Crippen LogP contribution in [0.15, 0.2) is 24.5 Å². The van der Waals surface area contributed by atoms with Crippen molar-refractivity contribution < 1.29 is 0 Å². The van der Waals surface area contributed by atoms with Crippen LogP contribution in [-0.4, -0.2) is 34.4 Å². The average Bonchev–Trinajstić information content (AvgIpc) is 2.87. The third-order valence-corrected chi connectivity index (χ3v) is 3.75. The maximum Gasteiger partial charge on any atom is 0.113 e. The molecule has 1 aliphatic heterocycles. The molecule has 1 atom stereocenters. The van der Waals surface area contributed by atoms with Crippen molar-refractivity contribution in [2.45, 2.75) is 12.8 Å². The quantitative estimate of drug-likeness (QED) is 0.815. The average molecular weight is 250 g/mol. The Bertz CT molecular complexity index is 534. The lowest BCUT2D eigenvalue weighted by atomic mass is 10.0. The monoisotopic (exact) mass is 249 g/mol. The molecule has 1 saturated heterocycles. The predicted octanol–water partition coefficient (Wildman–Crippen LogP) is 2.48. The summed E-state index contributed by atoms with van der Waals surface area (Å²) < 4.78 is 2.11. The van der Waals surface area contributed by atoms with Gasteiger partial charge in [-0.2, -0.15) is 0 Å². The second-order valence-corrected chi connectivity index (χ2v) is 5.37. The van der Waals surface area contributed by atoms with Gasteiger partial charge in [0.25, 0.3) is 0 Å². The molecule has 0 aromatic carbocycles. The normalized spacial score (nSPS) is 21.4. The summed E-state index contributed by atoms with van der Waals surface area (Å²) >= 11 is 6.03. The minimum atomic E-state index is 0.726. The molecule has 17 heavy (non-hydrogen) atoms. The zero-order valence-electron chi connectivity index (χ0n) is 9.93. The molecule has 1 aliphatic rings. The van der Waals surface area contributed by atoms with Crippen LogP contribution in [-0.2, 0) is 6.42 Å². The SMILES string of the molecule is CN1CCC(Cc2ncc3ccc(Cl)cn23)C1. The Morgan fingerprint density at radius 2 is 2.35 bits per heavy atom. The molecule has 0 saturated carbocycles. The fourth-order valence-electron chi connectivity index (χ4n) is 2.62. The van der Waals surface area contributed by atoms with Gasteiger partial charge in [0, 0.05) is 19.2 Å². The number of likely N-dealkylation sites (tertiary alicyclic amines) is 1. The van der Waals surface area contributed by atoms with Crippen LogP contribution in [0.5, 0.6) is 0 Å². The van der Waals surface area contributed by atoms with E-state index in [-0.39, 0.29) is 0 Å².